The first-order chi connectivity index (χ1) is 11.6. The molecule has 24 heavy (non-hydrogen) atoms. The highest BCUT2D eigenvalue weighted by Gasteiger charge is 2.24. The Kier molecular flexibility index (Phi) is 4.77. The third-order valence-corrected chi connectivity index (χ3v) is 3.81. The molecule has 1 atom stereocenters. The van der Waals surface area contributed by atoms with Crippen molar-refractivity contribution in [3.05, 3.63) is 70.8 Å². The molecule has 1 amide bonds. The van der Waals surface area contributed by atoms with Gasteiger partial charge in [-0.25, -0.2) is 9.59 Å². The molecule has 6 heteroatoms. The molecule has 124 valence electrons. The maximum Gasteiger partial charge on any atom is 0.408 e. The van der Waals surface area contributed by atoms with Crippen LogP contribution >= 0.6 is 0 Å². The summed E-state index contributed by atoms with van der Waals surface area (Å²) in [5.41, 5.74) is 2.71. The largest absolute Gasteiger partial charge is 0.478 e. The van der Waals surface area contributed by atoms with Gasteiger partial charge in [-0.1, -0.05) is 36.4 Å². The van der Waals surface area contributed by atoms with E-state index in [4.69, 9.17) is 14.6 Å². The van der Waals surface area contributed by atoms with E-state index in [0.29, 0.717) is 13.2 Å². The first kappa shape index (κ1) is 16.0. The highest BCUT2D eigenvalue weighted by Crippen LogP contribution is 2.26. The lowest BCUT2D eigenvalue weighted by atomic mass is 9.97. The van der Waals surface area contributed by atoms with Gasteiger partial charge in [0, 0.05) is 0 Å². The molecule has 2 N–H and O–H groups in total. The first-order valence-corrected chi connectivity index (χ1v) is 7.54. The monoisotopic (exact) mass is 327 g/mol. The van der Waals surface area contributed by atoms with Crippen molar-refractivity contribution in [3.63, 3.8) is 0 Å². The number of hydrogen-bond donors (Lipinski definition) is 2. The summed E-state index contributed by atoms with van der Waals surface area (Å²) in [6.07, 6.45) is -0.539. The summed E-state index contributed by atoms with van der Waals surface area (Å²) in [7, 11) is 0. The van der Waals surface area contributed by atoms with Crippen molar-refractivity contribution in [2.45, 2.75) is 19.3 Å². The Morgan fingerprint density at radius 2 is 2.00 bits per heavy atom. The second-order valence-electron chi connectivity index (χ2n) is 5.49. The Bertz CT molecular complexity index is 744. The van der Waals surface area contributed by atoms with Crippen LogP contribution in [-0.2, 0) is 22.7 Å². The fourth-order valence-electron chi connectivity index (χ4n) is 2.61. The number of carbonyl (C=O) groups excluding carboxylic acids is 1. The summed E-state index contributed by atoms with van der Waals surface area (Å²) < 4.78 is 10.7. The van der Waals surface area contributed by atoms with Crippen LogP contribution in [0.3, 0.4) is 0 Å². The van der Waals surface area contributed by atoms with E-state index in [1.54, 1.807) is 12.1 Å². The fraction of sp³-hybridized carbons (Fsp3) is 0.222. The van der Waals surface area contributed by atoms with E-state index in [1.165, 1.54) is 6.07 Å². The number of carbonyl (C=O) groups is 2. The van der Waals surface area contributed by atoms with Crippen LogP contribution in [0.25, 0.3) is 0 Å². The van der Waals surface area contributed by atoms with Crippen LogP contribution in [0, 0.1) is 0 Å². The summed E-state index contributed by atoms with van der Waals surface area (Å²) in [5.74, 6) is -0.991. The summed E-state index contributed by atoms with van der Waals surface area (Å²) in [6, 6.07) is 13.8. The van der Waals surface area contributed by atoms with E-state index in [2.05, 4.69) is 5.32 Å². The Labute approximate surface area is 139 Å². The zero-order valence-electron chi connectivity index (χ0n) is 12.9. The molecule has 0 saturated heterocycles. The molecule has 1 aliphatic rings. The van der Waals surface area contributed by atoms with Crippen LogP contribution in [-0.4, -0.2) is 23.8 Å². The van der Waals surface area contributed by atoms with Gasteiger partial charge in [-0.05, 0) is 28.8 Å². The molecule has 0 spiro atoms. The van der Waals surface area contributed by atoms with Gasteiger partial charge in [0.15, 0.2) is 0 Å². The zero-order chi connectivity index (χ0) is 16.9. The Morgan fingerprint density at radius 3 is 2.75 bits per heavy atom. The third-order valence-electron chi connectivity index (χ3n) is 3.81. The minimum Gasteiger partial charge on any atom is -0.478 e. The zero-order valence-corrected chi connectivity index (χ0v) is 12.9. The maximum absolute atomic E-state index is 12.0. The number of aromatic carboxylic acids is 1. The first-order valence-electron chi connectivity index (χ1n) is 7.54. The minimum atomic E-state index is -0.991. The van der Waals surface area contributed by atoms with Gasteiger partial charge in [0.05, 0.1) is 24.8 Å². The molecule has 0 aromatic heterocycles. The fourth-order valence-corrected chi connectivity index (χ4v) is 2.61. The van der Waals surface area contributed by atoms with E-state index in [1.807, 2.05) is 30.3 Å². The van der Waals surface area contributed by atoms with Crippen LogP contribution in [0.4, 0.5) is 4.79 Å². The summed E-state index contributed by atoms with van der Waals surface area (Å²) >= 11 is 0. The molecule has 0 saturated carbocycles. The second kappa shape index (κ2) is 7.14. The van der Waals surface area contributed by atoms with Crippen LogP contribution in [0.15, 0.2) is 48.5 Å². The van der Waals surface area contributed by atoms with Crippen molar-refractivity contribution in [1.82, 2.24) is 5.32 Å². The van der Waals surface area contributed by atoms with Crippen LogP contribution < -0.4 is 5.32 Å². The maximum atomic E-state index is 12.0. The average molecular weight is 327 g/mol. The van der Waals surface area contributed by atoms with E-state index >= 15 is 0 Å². The normalized spacial score (nSPS) is 16.1. The average Bonchev–Trinajstić information content (AvgIpc) is 2.60. The minimum absolute atomic E-state index is 0.186. The molecule has 3 rings (SSSR count). The standard InChI is InChI=1S/C18H17NO5/c20-17(21)13-6-7-15-14(8-13)10-23-11-16(15)19-18(22)24-9-12-4-2-1-3-5-12/h1-8,16H,9-11H2,(H,19,22)(H,20,21)/t16-/m0/s1. The topological polar surface area (TPSA) is 84.9 Å². The van der Waals surface area contributed by atoms with E-state index in [0.717, 1.165) is 16.7 Å². The lowest BCUT2D eigenvalue weighted by Gasteiger charge is -2.26. The van der Waals surface area contributed by atoms with Gasteiger partial charge in [-0.3, -0.25) is 0 Å². The molecule has 1 aliphatic heterocycles. The van der Waals surface area contributed by atoms with Crippen LogP contribution in [0.2, 0.25) is 0 Å². The molecular weight excluding hydrogens is 310 g/mol. The van der Waals surface area contributed by atoms with Crippen molar-refractivity contribution in [2.75, 3.05) is 6.61 Å². The number of hydrogen-bond acceptors (Lipinski definition) is 4. The van der Waals surface area contributed by atoms with Crippen LogP contribution in [0.1, 0.15) is 33.1 Å². The molecule has 6 nitrogen and oxygen atoms in total. The Hall–Kier alpha value is -2.86. The molecule has 0 aliphatic carbocycles. The van der Waals surface area contributed by atoms with Gasteiger partial charge in [0.2, 0.25) is 0 Å². The molecule has 2 aromatic carbocycles. The quantitative estimate of drug-likeness (QED) is 0.902. The highest BCUT2D eigenvalue weighted by molar-refractivity contribution is 5.88. The van der Waals surface area contributed by atoms with Gasteiger partial charge in [0.1, 0.15) is 6.61 Å². The van der Waals surface area contributed by atoms with Crippen molar-refractivity contribution in [1.29, 1.82) is 0 Å². The molecule has 1 heterocycles. The molecule has 0 unspecified atom stereocenters. The molecule has 2 aromatic rings. The number of benzene rings is 2. The highest BCUT2D eigenvalue weighted by atomic mass is 16.5. The smallest absolute Gasteiger partial charge is 0.408 e. The van der Waals surface area contributed by atoms with Gasteiger partial charge < -0.3 is 19.9 Å². The van der Waals surface area contributed by atoms with Crippen molar-refractivity contribution in [3.8, 4) is 0 Å². The predicted molar refractivity (Wildman–Crippen MR) is 85.6 cm³/mol. The number of carboxylic acid groups (broad SMARTS) is 1. The van der Waals surface area contributed by atoms with Crippen molar-refractivity contribution >= 4 is 12.1 Å². The summed E-state index contributed by atoms with van der Waals surface area (Å²) in [5, 5.41) is 11.8. The molecule has 0 bridgehead atoms. The SMILES string of the molecule is O=C(N[C@H]1COCc2cc(C(=O)O)ccc21)OCc1ccccc1. The number of rotatable bonds is 4. The van der Waals surface area contributed by atoms with Gasteiger partial charge in [-0.15, -0.1) is 0 Å². The Balaban J connectivity index is 1.64. The second-order valence-corrected chi connectivity index (χ2v) is 5.49. The lowest BCUT2D eigenvalue weighted by Crippen LogP contribution is -2.34. The van der Waals surface area contributed by atoms with Gasteiger partial charge in [0.25, 0.3) is 0 Å². The number of carboxylic acids is 1. The Morgan fingerprint density at radius 1 is 1.21 bits per heavy atom. The van der Waals surface area contributed by atoms with Gasteiger partial charge >= 0.3 is 12.1 Å². The number of fused-ring (bicyclic) bond motifs is 1. The summed E-state index contributed by atoms with van der Waals surface area (Å²) in [6.45, 7) is 0.832. The van der Waals surface area contributed by atoms with Crippen molar-refractivity contribution < 1.29 is 24.2 Å². The predicted octanol–water partition coefficient (Wildman–Crippen LogP) is 2.88. The van der Waals surface area contributed by atoms with E-state index in [9.17, 15) is 9.59 Å². The number of nitrogens with one attached hydrogen (secondary N) is 1. The van der Waals surface area contributed by atoms with E-state index < -0.39 is 12.1 Å². The number of ether oxygens (including phenoxy) is 2. The van der Waals surface area contributed by atoms with Gasteiger partial charge in [-0.2, -0.15) is 0 Å². The van der Waals surface area contributed by atoms with E-state index in [-0.39, 0.29) is 18.2 Å². The molecule has 0 radical (unpaired) electrons. The van der Waals surface area contributed by atoms with Crippen LogP contribution in [0.5, 0.6) is 0 Å². The molecular formula is C18H17NO5. The molecule has 0 fully saturated rings. The lowest BCUT2D eigenvalue weighted by molar-refractivity contribution is 0.0687. The number of alkyl carbamates (subject to hydrolysis) is 1. The third kappa shape index (κ3) is 3.72. The number of amides is 1. The van der Waals surface area contributed by atoms with Crippen molar-refractivity contribution in [2.24, 2.45) is 0 Å². The summed E-state index contributed by atoms with van der Waals surface area (Å²) in [4.78, 5) is 23.0.